The topological polar surface area (TPSA) is 66.3 Å². The number of ether oxygens (including phenoxy) is 2. The van der Waals surface area contributed by atoms with Crippen LogP contribution in [0, 0.1) is 0 Å². The normalized spacial score (nSPS) is 19.7. The van der Waals surface area contributed by atoms with E-state index in [9.17, 15) is 5.11 Å². The highest BCUT2D eigenvalue weighted by Crippen LogP contribution is 2.42. The van der Waals surface area contributed by atoms with Gasteiger partial charge in [0.25, 0.3) is 0 Å². The van der Waals surface area contributed by atoms with Crippen LogP contribution in [-0.2, 0) is 5.41 Å². The van der Waals surface area contributed by atoms with Crippen LogP contribution in [0.4, 0.5) is 0 Å². The number of likely N-dealkylation sites (tertiary alicyclic amines) is 1. The molecule has 1 aliphatic heterocycles. The molecule has 1 saturated carbocycles. The number of aliphatic imine (C=N–C) groups is 1. The highest BCUT2D eigenvalue weighted by atomic mass is 127. The Kier molecular flexibility index (Phi) is 10.0. The minimum absolute atomic E-state index is 0. The van der Waals surface area contributed by atoms with Crippen molar-refractivity contribution in [2.45, 2.75) is 63.4 Å². The predicted octanol–water partition coefficient (Wildman–Crippen LogP) is 3.95. The molecule has 6 nitrogen and oxygen atoms in total. The summed E-state index contributed by atoms with van der Waals surface area (Å²) in [5.74, 6) is 2.53. The van der Waals surface area contributed by atoms with Crippen LogP contribution in [0.5, 0.6) is 11.5 Å². The number of nitrogens with one attached hydrogen (secondary N) is 1. The van der Waals surface area contributed by atoms with Crippen molar-refractivity contribution < 1.29 is 14.6 Å². The first-order chi connectivity index (χ1) is 14.1. The van der Waals surface area contributed by atoms with Crippen molar-refractivity contribution in [1.29, 1.82) is 0 Å². The Hall–Kier alpha value is -1.22. The third kappa shape index (κ3) is 5.93. The van der Waals surface area contributed by atoms with Gasteiger partial charge in [-0.2, -0.15) is 0 Å². The molecule has 1 aliphatic carbocycles. The van der Waals surface area contributed by atoms with Gasteiger partial charge >= 0.3 is 0 Å². The molecule has 170 valence electrons. The zero-order valence-corrected chi connectivity index (χ0v) is 21.0. The number of aliphatic hydroxyl groups is 1. The Labute approximate surface area is 198 Å². The number of guanidine groups is 1. The third-order valence-corrected chi connectivity index (χ3v) is 6.44. The van der Waals surface area contributed by atoms with Crippen LogP contribution >= 0.6 is 24.0 Å². The Morgan fingerprint density at radius 3 is 2.40 bits per heavy atom. The molecule has 1 heterocycles. The molecule has 0 atom stereocenters. The summed E-state index contributed by atoms with van der Waals surface area (Å²) in [6.07, 6.45) is 7.49. The summed E-state index contributed by atoms with van der Waals surface area (Å²) in [6.45, 7) is 5.44. The van der Waals surface area contributed by atoms with Crippen molar-refractivity contribution in [2.75, 3.05) is 40.4 Å². The summed E-state index contributed by atoms with van der Waals surface area (Å²) in [4.78, 5) is 7.40. The van der Waals surface area contributed by atoms with Gasteiger partial charge in [-0.1, -0.05) is 25.3 Å². The van der Waals surface area contributed by atoms with Gasteiger partial charge in [0.1, 0.15) is 0 Å². The summed E-state index contributed by atoms with van der Waals surface area (Å²) < 4.78 is 11.0. The number of hydrogen-bond acceptors (Lipinski definition) is 4. The zero-order valence-electron chi connectivity index (χ0n) is 18.7. The molecule has 2 N–H and O–H groups in total. The van der Waals surface area contributed by atoms with Crippen LogP contribution in [0.15, 0.2) is 23.2 Å². The van der Waals surface area contributed by atoms with Crippen LogP contribution in [0.25, 0.3) is 0 Å². The van der Waals surface area contributed by atoms with Crippen molar-refractivity contribution in [3.63, 3.8) is 0 Å². The van der Waals surface area contributed by atoms with Gasteiger partial charge in [0, 0.05) is 25.0 Å². The lowest BCUT2D eigenvalue weighted by atomic mass is 9.69. The van der Waals surface area contributed by atoms with Crippen LogP contribution in [0.1, 0.15) is 57.4 Å². The number of rotatable bonds is 6. The van der Waals surface area contributed by atoms with Gasteiger partial charge in [0.15, 0.2) is 17.5 Å². The highest BCUT2D eigenvalue weighted by Gasteiger charge is 2.35. The van der Waals surface area contributed by atoms with Gasteiger partial charge in [-0.15, -0.1) is 24.0 Å². The molecule has 2 aliphatic rings. The fourth-order valence-electron chi connectivity index (χ4n) is 4.66. The van der Waals surface area contributed by atoms with E-state index >= 15 is 0 Å². The molecule has 0 aromatic heterocycles. The van der Waals surface area contributed by atoms with E-state index in [1.807, 2.05) is 6.07 Å². The van der Waals surface area contributed by atoms with Gasteiger partial charge < -0.3 is 24.8 Å². The van der Waals surface area contributed by atoms with Crippen molar-refractivity contribution in [3.8, 4) is 11.5 Å². The van der Waals surface area contributed by atoms with E-state index in [1.54, 1.807) is 14.2 Å². The van der Waals surface area contributed by atoms with E-state index in [0.717, 1.165) is 69.3 Å². The van der Waals surface area contributed by atoms with Gasteiger partial charge in [-0.25, -0.2) is 0 Å². The molecule has 0 radical (unpaired) electrons. The Balaban J connectivity index is 0.00000320. The molecular formula is C23H38IN3O3. The Morgan fingerprint density at radius 1 is 1.13 bits per heavy atom. The van der Waals surface area contributed by atoms with Crippen molar-refractivity contribution in [1.82, 2.24) is 10.2 Å². The Morgan fingerprint density at radius 2 is 1.80 bits per heavy atom. The number of halogens is 1. The SMILES string of the molecule is CCNC(=NCC1(c2ccc(OC)c(OC)c2)CCCCC1)N1CCC(O)CC1.I. The lowest BCUT2D eigenvalue weighted by molar-refractivity contribution is 0.108. The molecule has 1 aromatic rings. The maximum absolute atomic E-state index is 9.85. The monoisotopic (exact) mass is 531 g/mol. The highest BCUT2D eigenvalue weighted by molar-refractivity contribution is 14.0. The predicted molar refractivity (Wildman–Crippen MR) is 133 cm³/mol. The smallest absolute Gasteiger partial charge is 0.193 e. The minimum atomic E-state index is -0.175. The average Bonchev–Trinajstić information content (AvgIpc) is 2.77. The van der Waals surface area contributed by atoms with Crippen LogP contribution in [-0.4, -0.2) is 62.5 Å². The molecule has 0 bridgehead atoms. The fourth-order valence-corrected chi connectivity index (χ4v) is 4.66. The molecule has 1 aromatic carbocycles. The second-order valence-corrected chi connectivity index (χ2v) is 8.30. The molecule has 2 fully saturated rings. The minimum Gasteiger partial charge on any atom is -0.493 e. The molecular weight excluding hydrogens is 493 g/mol. The maximum atomic E-state index is 9.85. The summed E-state index contributed by atoms with van der Waals surface area (Å²) in [7, 11) is 3.37. The lowest BCUT2D eigenvalue weighted by Gasteiger charge is -2.38. The number of hydrogen-bond donors (Lipinski definition) is 2. The summed E-state index contributed by atoms with van der Waals surface area (Å²) in [6, 6.07) is 6.35. The van der Waals surface area contributed by atoms with Crippen LogP contribution < -0.4 is 14.8 Å². The maximum Gasteiger partial charge on any atom is 0.193 e. The molecule has 3 rings (SSSR count). The Bertz CT molecular complexity index is 684. The summed E-state index contributed by atoms with van der Waals surface area (Å²) >= 11 is 0. The first kappa shape index (κ1) is 25.0. The van der Waals surface area contributed by atoms with Gasteiger partial charge in [-0.3, -0.25) is 4.99 Å². The van der Waals surface area contributed by atoms with Crippen molar-refractivity contribution in [3.05, 3.63) is 23.8 Å². The number of nitrogens with zero attached hydrogens (tertiary/aromatic N) is 2. The number of methoxy groups -OCH3 is 2. The van der Waals surface area contributed by atoms with E-state index in [2.05, 4.69) is 29.3 Å². The first-order valence-electron chi connectivity index (χ1n) is 11.1. The fraction of sp³-hybridized carbons (Fsp3) is 0.696. The summed E-state index contributed by atoms with van der Waals surface area (Å²) in [5.41, 5.74) is 1.33. The van der Waals surface area contributed by atoms with Gasteiger partial charge in [0.2, 0.25) is 0 Å². The van der Waals surface area contributed by atoms with E-state index in [4.69, 9.17) is 14.5 Å². The first-order valence-corrected chi connectivity index (χ1v) is 11.1. The van der Waals surface area contributed by atoms with Crippen LogP contribution in [0.2, 0.25) is 0 Å². The second-order valence-electron chi connectivity index (χ2n) is 8.30. The van der Waals surface area contributed by atoms with Gasteiger partial charge in [0.05, 0.1) is 26.9 Å². The van der Waals surface area contributed by atoms with E-state index in [-0.39, 0.29) is 35.5 Å². The molecule has 0 amide bonds. The number of piperidine rings is 1. The lowest BCUT2D eigenvalue weighted by Crippen LogP contribution is -2.47. The average molecular weight is 531 g/mol. The van der Waals surface area contributed by atoms with E-state index in [0.29, 0.717) is 0 Å². The molecule has 7 heteroatoms. The standard InChI is InChI=1S/C23H37N3O3.HI/c1-4-24-22(26-14-10-19(27)11-15-26)25-17-23(12-6-5-7-13-23)18-8-9-20(28-2)21(16-18)29-3;/h8-9,16,19,27H,4-7,10-15,17H2,1-3H3,(H,24,25);1H. The third-order valence-electron chi connectivity index (χ3n) is 6.44. The van der Waals surface area contributed by atoms with Crippen molar-refractivity contribution >= 4 is 29.9 Å². The van der Waals surface area contributed by atoms with E-state index in [1.165, 1.54) is 24.8 Å². The quantitative estimate of drug-likeness (QED) is 0.331. The van der Waals surface area contributed by atoms with Crippen molar-refractivity contribution in [2.24, 2.45) is 4.99 Å². The molecule has 0 unspecified atom stereocenters. The second kappa shape index (κ2) is 12.0. The van der Waals surface area contributed by atoms with Gasteiger partial charge in [-0.05, 0) is 50.3 Å². The number of benzene rings is 1. The van der Waals surface area contributed by atoms with Crippen LogP contribution in [0.3, 0.4) is 0 Å². The molecule has 0 spiro atoms. The van der Waals surface area contributed by atoms with E-state index < -0.39 is 0 Å². The molecule has 30 heavy (non-hydrogen) atoms. The largest absolute Gasteiger partial charge is 0.493 e. The summed E-state index contributed by atoms with van der Waals surface area (Å²) in [5, 5.41) is 13.3. The molecule has 1 saturated heterocycles. The number of aliphatic hydroxyl groups excluding tert-OH is 1. The zero-order chi connectivity index (χ0) is 20.7.